The molecule has 0 aromatic heterocycles. The molecule has 2 nitrogen and oxygen atoms in total. The first-order chi connectivity index (χ1) is 3.72. The normalized spacial score (nSPS) is 8.25. The number of nitrogens with zero attached hydrogens (tertiary/aromatic N) is 1. The van der Waals surface area contributed by atoms with Crippen molar-refractivity contribution >= 4 is 58.2 Å². The van der Waals surface area contributed by atoms with Crippen molar-refractivity contribution in [2.45, 2.75) is 0 Å². The molecule has 0 bridgehead atoms. The molecule has 0 spiro atoms. The first-order valence-corrected chi connectivity index (χ1v) is 4.19. The van der Waals surface area contributed by atoms with Crippen molar-refractivity contribution in [1.29, 1.82) is 0 Å². The average Bonchev–Trinajstić information content (AvgIpc) is 1.84. The van der Waals surface area contributed by atoms with Crippen LogP contribution in [-0.4, -0.2) is 15.0 Å². The summed E-state index contributed by atoms with van der Waals surface area (Å²) < 4.78 is 1.30. The summed E-state index contributed by atoms with van der Waals surface area (Å²) in [6, 6.07) is 0. The average molecular weight is 185 g/mol. The van der Waals surface area contributed by atoms with E-state index in [0.717, 1.165) is 15.1 Å². The Morgan fingerprint density at radius 3 is 2.50 bits per heavy atom. The summed E-state index contributed by atoms with van der Waals surface area (Å²) in [6.45, 7) is 0. The second kappa shape index (κ2) is 4.49. The SMILES string of the molecule is O=CN(S)C(=S)SS. The highest BCUT2D eigenvalue weighted by atomic mass is 33.1. The number of carbonyl (C=O) groups excluding carboxylic acids is 1. The summed E-state index contributed by atoms with van der Waals surface area (Å²) in [6.07, 6.45) is 0.509. The van der Waals surface area contributed by atoms with Gasteiger partial charge in [-0.15, -0.1) is 11.7 Å². The van der Waals surface area contributed by atoms with Gasteiger partial charge in [-0.2, -0.15) is 0 Å². The maximum Gasteiger partial charge on any atom is 0.225 e. The minimum Gasteiger partial charge on any atom is -0.277 e. The molecule has 1 amide bonds. The predicted octanol–water partition coefficient (Wildman–Crippen LogP) is 1.15. The van der Waals surface area contributed by atoms with Gasteiger partial charge in [-0.3, -0.25) is 4.79 Å². The minimum atomic E-state index is 0.326. The number of thiol groups is 2. The second-order valence-electron chi connectivity index (χ2n) is 0.807. The maximum absolute atomic E-state index is 9.82. The third-order valence-corrected chi connectivity index (χ3v) is 2.62. The fourth-order valence-corrected chi connectivity index (χ4v) is 0.834. The largest absolute Gasteiger partial charge is 0.277 e. The topological polar surface area (TPSA) is 20.3 Å². The van der Waals surface area contributed by atoms with E-state index in [1.165, 1.54) is 0 Å². The Morgan fingerprint density at radius 1 is 1.88 bits per heavy atom. The lowest BCUT2D eigenvalue weighted by molar-refractivity contribution is -0.111. The molecule has 0 rings (SSSR count). The van der Waals surface area contributed by atoms with Crippen LogP contribution in [0.3, 0.4) is 0 Å². The van der Waals surface area contributed by atoms with Gasteiger partial charge in [-0.05, 0) is 10.8 Å². The van der Waals surface area contributed by atoms with Gasteiger partial charge in [0, 0.05) is 0 Å². The van der Waals surface area contributed by atoms with Gasteiger partial charge in [-0.1, -0.05) is 25.0 Å². The highest BCUT2D eigenvalue weighted by Crippen LogP contribution is 2.12. The monoisotopic (exact) mass is 185 g/mol. The van der Waals surface area contributed by atoms with Crippen LogP contribution in [-0.2, 0) is 4.79 Å². The Kier molecular flexibility index (Phi) is 4.83. The number of rotatable bonds is 1. The zero-order valence-corrected chi connectivity index (χ0v) is 7.07. The Balaban J connectivity index is 3.62. The highest BCUT2D eigenvalue weighted by Gasteiger charge is 1.99. The molecule has 0 aliphatic heterocycles. The highest BCUT2D eigenvalue weighted by molar-refractivity contribution is 8.76. The van der Waals surface area contributed by atoms with E-state index in [1.807, 2.05) is 0 Å². The van der Waals surface area contributed by atoms with E-state index >= 15 is 0 Å². The molecular weight excluding hydrogens is 182 g/mol. The summed E-state index contributed by atoms with van der Waals surface area (Å²) >= 11 is 12.0. The van der Waals surface area contributed by atoms with Gasteiger partial charge in [0.25, 0.3) is 0 Å². The Bertz CT molecular complexity index is 104. The Labute approximate surface area is 67.4 Å². The molecule has 0 aliphatic rings. The second-order valence-corrected chi connectivity index (χ2v) is 3.00. The molecule has 46 valence electrons. The Hall–Kier alpha value is 0.610. The fraction of sp³-hybridized carbons (Fsp3) is 0. The number of hydrogen-bond donors (Lipinski definition) is 2. The number of hydrogen-bond acceptors (Lipinski definition) is 5. The van der Waals surface area contributed by atoms with Crippen LogP contribution in [0.4, 0.5) is 0 Å². The van der Waals surface area contributed by atoms with Crippen LogP contribution in [0.2, 0.25) is 0 Å². The van der Waals surface area contributed by atoms with Crippen molar-refractivity contribution < 1.29 is 4.79 Å². The molecule has 0 aromatic rings. The lowest BCUT2D eigenvalue weighted by Crippen LogP contribution is -2.12. The molecule has 6 heteroatoms. The van der Waals surface area contributed by atoms with Crippen molar-refractivity contribution in [2.75, 3.05) is 0 Å². The third-order valence-electron chi connectivity index (χ3n) is 0.365. The first-order valence-electron chi connectivity index (χ1n) is 1.51. The zero-order valence-electron chi connectivity index (χ0n) is 3.64. The quantitative estimate of drug-likeness (QED) is 0.277. The molecule has 0 heterocycles. The zero-order chi connectivity index (χ0) is 6.57. The Morgan fingerprint density at radius 2 is 2.38 bits per heavy atom. The standard InChI is InChI=1S/C2H3NOS4/c4-1-3(6)2(5)8-7/h1,6-7H. The lowest BCUT2D eigenvalue weighted by Gasteiger charge is -2.04. The van der Waals surface area contributed by atoms with Crippen molar-refractivity contribution in [3.8, 4) is 0 Å². The van der Waals surface area contributed by atoms with Gasteiger partial charge in [0.1, 0.15) is 0 Å². The van der Waals surface area contributed by atoms with Crippen LogP contribution >= 0.6 is 47.5 Å². The molecular formula is C2H3NOS4. The third kappa shape index (κ3) is 2.81. The first kappa shape index (κ1) is 8.61. The fourth-order valence-electron chi connectivity index (χ4n) is 0.0849. The van der Waals surface area contributed by atoms with E-state index in [0.29, 0.717) is 10.7 Å². The lowest BCUT2D eigenvalue weighted by atomic mass is 11.2. The van der Waals surface area contributed by atoms with Gasteiger partial charge in [0.15, 0.2) is 4.32 Å². The number of carbonyl (C=O) groups is 1. The van der Waals surface area contributed by atoms with Crippen molar-refractivity contribution in [3.05, 3.63) is 0 Å². The van der Waals surface area contributed by atoms with Crippen molar-refractivity contribution in [1.82, 2.24) is 4.31 Å². The van der Waals surface area contributed by atoms with Gasteiger partial charge in [0.2, 0.25) is 6.41 Å². The van der Waals surface area contributed by atoms with E-state index in [9.17, 15) is 4.79 Å². The predicted molar refractivity (Wildman–Crippen MR) is 46.1 cm³/mol. The maximum atomic E-state index is 9.82. The summed E-state index contributed by atoms with van der Waals surface area (Å²) in [5.41, 5.74) is 0. The molecule has 0 radical (unpaired) electrons. The van der Waals surface area contributed by atoms with E-state index in [1.54, 1.807) is 0 Å². The number of amides is 1. The van der Waals surface area contributed by atoms with Crippen LogP contribution < -0.4 is 0 Å². The van der Waals surface area contributed by atoms with Gasteiger partial charge >= 0.3 is 0 Å². The molecule has 0 saturated heterocycles. The molecule has 0 unspecified atom stereocenters. The van der Waals surface area contributed by atoms with E-state index in [2.05, 4.69) is 36.7 Å². The molecule has 0 atom stereocenters. The summed E-state index contributed by atoms with van der Waals surface area (Å²) in [4.78, 5) is 9.82. The minimum absolute atomic E-state index is 0.326. The molecule has 8 heavy (non-hydrogen) atoms. The van der Waals surface area contributed by atoms with Crippen LogP contribution in [0.1, 0.15) is 0 Å². The molecule has 0 N–H and O–H groups in total. The van der Waals surface area contributed by atoms with Crippen LogP contribution in [0, 0.1) is 0 Å². The smallest absolute Gasteiger partial charge is 0.225 e. The van der Waals surface area contributed by atoms with Crippen molar-refractivity contribution in [3.63, 3.8) is 0 Å². The summed E-state index contributed by atoms with van der Waals surface area (Å²) in [5.74, 6) is 0. The molecule has 0 aromatic carbocycles. The number of thiocarbonyl (C=S) groups is 1. The van der Waals surface area contributed by atoms with Crippen LogP contribution in [0.25, 0.3) is 0 Å². The summed E-state index contributed by atoms with van der Waals surface area (Å²) in [5, 5.41) is 0. The molecule has 0 fully saturated rings. The van der Waals surface area contributed by atoms with Gasteiger partial charge in [0.05, 0.1) is 0 Å². The van der Waals surface area contributed by atoms with Crippen molar-refractivity contribution in [2.24, 2.45) is 0 Å². The van der Waals surface area contributed by atoms with Gasteiger partial charge in [-0.25, -0.2) is 4.31 Å². The van der Waals surface area contributed by atoms with Crippen LogP contribution in [0.5, 0.6) is 0 Å². The van der Waals surface area contributed by atoms with E-state index < -0.39 is 0 Å². The van der Waals surface area contributed by atoms with E-state index in [-0.39, 0.29) is 0 Å². The van der Waals surface area contributed by atoms with Gasteiger partial charge < -0.3 is 0 Å². The molecule has 0 aliphatic carbocycles. The van der Waals surface area contributed by atoms with E-state index in [4.69, 9.17) is 0 Å². The molecule has 0 saturated carbocycles. The summed E-state index contributed by atoms with van der Waals surface area (Å²) in [7, 11) is 1.00. The van der Waals surface area contributed by atoms with Crippen LogP contribution in [0.15, 0.2) is 0 Å².